The molecule has 2 amide bonds. The summed E-state index contributed by atoms with van der Waals surface area (Å²) in [6.07, 6.45) is 1.66. The number of carbonyl (C=O) groups excluding carboxylic acids is 2. The van der Waals surface area contributed by atoms with Crippen LogP contribution in [0.1, 0.15) is 40.0 Å². The van der Waals surface area contributed by atoms with E-state index in [4.69, 9.17) is 9.47 Å². The van der Waals surface area contributed by atoms with Crippen LogP contribution >= 0.6 is 0 Å². The summed E-state index contributed by atoms with van der Waals surface area (Å²) in [6, 6.07) is 0. The molecule has 19 heavy (non-hydrogen) atoms. The van der Waals surface area contributed by atoms with Crippen molar-refractivity contribution < 1.29 is 19.1 Å². The molecule has 3 saturated carbocycles. The van der Waals surface area contributed by atoms with Gasteiger partial charge in [-0.25, -0.2) is 4.79 Å². The van der Waals surface area contributed by atoms with E-state index in [0.29, 0.717) is 19.3 Å². The molecular formula is C13H22N2O4. The number of hydrogen-bond acceptors (Lipinski definition) is 4. The fourth-order valence-electron chi connectivity index (χ4n) is 3.01. The molecule has 108 valence electrons. The van der Waals surface area contributed by atoms with Crippen LogP contribution in [-0.2, 0) is 14.3 Å². The zero-order valence-electron chi connectivity index (χ0n) is 12.0. The summed E-state index contributed by atoms with van der Waals surface area (Å²) < 4.78 is 10.0. The summed E-state index contributed by atoms with van der Waals surface area (Å²) in [6.45, 7) is 5.71. The average Bonchev–Trinajstić information content (AvgIpc) is 2.15. The highest BCUT2D eigenvalue weighted by molar-refractivity contribution is 5.88. The van der Waals surface area contributed by atoms with Crippen LogP contribution < -0.4 is 10.6 Å². The van der Waals surface area contributed by atoms with Gasteiger partial charge in [-0.2, -0.15) is 0 Å². The van der Waals surface area contributed by atoms with Gasteiger partial charge in [0.2, 0.25) is 5.91 Å². The van der Waals surface area contributed by atoms with Gasteiger partial charge in [0, 0.05) is 12.6 Å². The monoisotopic (exact) mass is 270 g/mol. The quantitative estimate of drug-likeness (QED) is 0.751. The molecule has 0 saturated heterocycles. The van der Waals surface area contributed by atoms with E-state index < -0.39 is 11.7 Å². The number of methoxy groups -OCH3 is 1. The van der Waals surface area contributed by atoms with Gasteiger partial charge in [-0.05, 0) is 40.0 Å². The minimum Gasteiger partial charge on any atom is -0.444 e. The summed E-state index contributed by atoms with van der Waals surface area (Å²) in [4.78, 5) is 23.5. The second-order valence-corrected chi connectivity index (χ2v) is 6.66. The Kier molecular flexibility index (Phi) is 3.24. The van der Waals surface area contributed by atoms with Gasteiger partial charge >= 0.3 is 6.09 Å². The molecule has 6 nitrogen and oxygen atoms in total. The van der Waals surface area contributed by atoms with Crippen molar-refractivity contribution in [1.82, 2.24) is 10.6 Å². The van der Waals surface area contributed by atoms with Gasteiger partial charge in [0.25, 0.3) is 0 Å². The Balaban J connectivity index is 1.77. The van der Waals surface area contributed by atoms with E-state index in [0.717, 1.165) is 0 Å². The molecule has 0 aromatic rings. The Morgan fingerprint density at radius 2 is 1.79 bits per heavy atom. The fourth-order valence-corrected chi connectivity index (χ4v) is 3.01. The van der Waals surface area contributed by atoms with Crippen molar-refractivity contribution in [2.75, 3.05) is 13.8 Å². The largest absolute Gasteiger partial charge is 0.444 e. The number of nitrogens with one attached hydrogen (secondary N) is 2. The average molecular weight is 270 g/mol. The Hall–Kier alpha value is -1.30. The van der Waals surface area contributed by atoms with Gasteiger partial charge in [-0.15, -0.1) is 0 Å². The normalized spacial score (nSPS) is 31.8. The molecule has 3 fully saturated rings. The molecule has 3 rings (SSSR count). The molecule has 0 aliphatic heterocycles. The zero-order chi connectivity index (χ0) is 14.3. The molecule has 0 heterocycles. The predicted octanol–water partition coefficient (Wildman–Crippen LogP) is 1.15. The smallest absolute Gasteiger partial charge is 0.408 e. The van der Waals surface area contributed by atoms with Crippen LogP contribution in [0.5, 0.6) is 0 Å². The SMILES string of the molecule is COCNC(=O)C12CC(NC(=O)OC(C)(C)C)(C1)C2. The van der Waals surface area contributed by atoms with Crippen LogP contribution in [0.2, 0.25) is 0 Å². The van der Waals surface area contributed by atoms with Crippen LogP contribution in [0.15, 0.2) is 0 Å². The zero-order valence-corrected chi connectivity index (χ0v) is 12.0. The highest BCUT2D eigenvalue weighted by atomic mass is 16.6. The van der Waals surface area contributed by atoms with E-state index in [1.54, 1.807) is 0 Å². The third-order valence-corrected chi connectivity index (χ3v) is 3.66. The molecule has 2 N–H and O–H groups in total. The van der Waals surface area contributed by atoms with Crippen molar-refractivity contribution in [3.05, 3.63) is 0 Å². The first-order valence-electron chi connectivity index (χ1n) is 6.49. The van der Waals surface area contributed by atoms with E-state index in [1.807, 2.05) is 20.8 Å². The first kappa shape index (κ1) is 14.1. The van der Waals surface area contributed by atoms with Crippen LogP contribution in [0, 0.1) is 5.41 Å². The highest BCUT2D eigenvalue weighted by Crippen LogP contribution is 2.67. The Labute approximate surface area is 113 Å². The lowest BCUT2D eigenvalue weighted by Gasteiger charge is -2.68. The van der Waals surface area contributed by atoms with E-state index in [1.165, 1.54) is 7.11 Å². The first-order valence-corrected chi connectivity index (χ1v) is 6.49. The van der Waals surface area contributed by atoms with E-state index in [9.17, 15) is 9.59 Å². The topological polar surface area (TPSA) is 76.7 Å². The number of ether oxygens (including phenoxy) is 2. The summed E-state index contributed by atoms with van der Waals surface area (Å²) >= 11 is 0. The lowest BCUT2D eigenvalue weighted by Crippen LogP contribution is -2.78. The number of hydrogen-bond donors (Lipinski definition) is 2. The lowest BCUT2D eigenvalue weighted by molar-refractivity contribution is -0.180. The molecular weight excluding hydrogens is 248 g/mol. The van der Waals surface area contributed by atoms with Crippen molar-refractivity contribution >= 4 is 12.0 Å². The van der Waals surface area contributed by atoms with Crippen molar-refractivity contribution in [3.63, 3.8) is 0 Å². The molecule has 0 unspecified atom stereocenters. The third-order valence-electron chi connectivity index (χ3n) is 3.66. The van der Waals surface area contributed by atoms with Gasteiger partial charge in [-0.1, -0.05) is 0 Å². The van der Waals surface area contributed by atoms with E-state index in [-0.39, 0.29) is 23.6 Å². The van der Waals surface area contributed by atoms with Crippen molar-refractivity contribution in [1.29, 1.82) is 0 Å². The Morgan fingerprint density at radius 3 is 2.26 bits per heavy atom. The molecule has 0 spiro atoms. The molecule has 0 aromatic heterocycles. The first-order chi connectivity index (χ1) is 8.70. The molecule has 3 aliphatic carbocycles. The summed E-state index contributed by atoms with van der Waals surface area (Å²) in [5.41, 5.74) is -1.03. The highest BCUT2D eigenvalue weighted by Gasteiger charge is 2.72. The second-order valence-electron chi connectivity index (χ2n) is 6.66. The number of alkyl carbamates (subject to hydrolysis) is 1. The fraction of sp³-hybridized carbons (Fsp3) is 0.846. The van der Waals surface area contributed by atoms with Crippen molar-refractivity contribution in [3.8, 4) is 0 Å². The summed E-state index contributed by atoms with van der Waals surface area (Å²) in [7, 11) is 1.54. The number of rotatable bonds is 4. The van der Waals surface area contributed by atoms with Crippen LogP contribution in [0.4, 0.5) is 4.79 Å². The van der Waals surface area contributed by atoms with Crippen molar-refractivity contribution in [2.24, 2.45) is 5.41 Å². The maximum absolute atomic E-state index is 11.9. The minimum atomic E-state index is -0.499. The van der Waals surface area contributed by atoms with Gasteiger partial charge in [0.15, 0.2) is 0 Å². The molecule has 0 radical (unpaired) electrons. The van der Waals surface area contributed by atoms with Crippen LogP contribution in [0.25, 0.3) is 0 Å². The van der Waals surface area contributed by atoms with E-state index in [2.05, 4.69) is 10.6 Å². The molecule has 3 aliphatic rings. The molecule has 2 bridgehead atoms. The Morgan fingerprint density at radius 1 is 1.21 bits per heavy atom. The van der Waals surface area contributed by atoms with Gasteiger partial charge in [0.05, 0.1) is 5.41 Å². The van der Waals surface area contributed by atoms with Crippen molar-refractivity contribution in [2.45, 2.75) is 51.2 Å². The maximum atomic E-state index is 11.9. The maximum Gasteiger partial charge on any atom is 0.408 e. The summed E-state index contributed by atoms with van der Waals surface area (Å²) in [5, 5.41) is 5.59. The van der Waals surface area contributed by atoms with Gasteiger partial charge < -0.3 is 20.1 Å². The Bertz CT molecular complexity index is 380. The number of carbonyl (C=O) groups is 2. The molecule has 0 aromatic carbocycles. The third kappa shape index (κ3) is 2.68. The predicted molar refractivity (Wildman–Crippen MR) is 68.4 cm³/mol. The lowest BCUT2D eigenvalue weighted by atomic mass is 9.39. The van der Waals surface area contributed by atoms with Crippen LogP contribution in [0.3, 0.4) is 0 Å². The standard InChI is InChI=1S/C13H22N2O4/c1-11(2,3)19-10(17)15-13-5-12(6-13,7-13)9(16)14-8-18-4/h5-8H2,1-4H3,(H,14,16)(H,15,17). The molecule has 6 heteroatoms. The molecule has 0 atom stereocenters. The minimum absolute atomic E-state index is 0.0159. The van der Waals surface area contributed by atoms with Gasteiger partial charge in [0.1, 0.15) is 12.3 Å². The van der Waals surface area contributed by atoms with Gasteiger partial charge in [-0.3, -0.25) is 4.79 Å². The number of amides is 2. The summed E-state index contributed by atoms with van der Waals surface area (Å²) in [5.74, 6) is 0.0159. The second kappa shape index (κ2) is 4.37. The van der Waals surface area contributed by atoms with Crippen LogP contribution in [-0.4, -0.2) is 37.0 Å². The van der Waals surface area contributed by atoms with E-state index >= 15 is 0 Å².